The van der Waals surface area contributed by atoms with Crippen LogP contribution in [-0.2, 0) is 11.8 Å². The van der Waals surface area contributed by atoms with E-state index in [1.807, 2.05) is 17.7 Å². The van der Waals surface area contributed by atoms with Crippen molar-refractivity contribution in [1.82, 2.24) is 20.1 Å². The maximum absolute atomic E-state index is 12.2. The van der Waals surface area contributed by atoms with Crippen LogP contribution in [0.3, 0.4) is 0 Å². The summed E-state index contributed by atoms with van der Waals surface area (Å²) in [4.78, 5) is 12.2. The van der Waals surface area contributed by atoms with Crippen LogP contribution in [-0.4, -0.2) is 32.5 Å². The maximum atomic E-state index is 12.2. The lowest BCUT2D eigenvalue weighted by Gasteiger charge is -2.15. The first-order chi connectivity index (χ1) is 12.5. The number of nitrogens with zero attached hydrogens (tertiary/aromatic N) is 3. The van der Waals surface area contributed by atoms with Gasteiger partial charge in [-0.3, -0.25) is 4.79 Å². The number of benzene rings is 1. The molecule has 5 nitrogen and oxygen atoms in total. The predicted molar refractivity (Wildman–Crippen MR) is 107 cm³/mol. The Labute approximate surface area is 167 Å². The minimum absolute atomic E-state index is 0.0565. The third-order valence-corrected chi connectivity index (χ3v) is 6.32. The van der Waals surface area contributed by atoms with Crippen molar-refractivity contribution in [2.45, 2.75) is 49.7 Å². The Hall–Kier alpha value is -1.24. The van der Waals surface area contributed by atoms with E-state index in [1.54, 1.807) is 12.1 Å². The zero-order valence-electron chi connectivity index (χ0n) is 14.7. The zero-order chi connectivity index (χ0) is 18.5. The molecule has 1 heterocycles. The van der Waals surface area contributed by atoms with Crippen molar-refractivity contribution < 1.29 is 4.79 Å². The van der Waals surface area contributed by atoms with Crippen LogP contribution in [0.15, 0.2) is 23.4 Å². The maximum Gasteiger partial charge on any atom is 0.230 e. The van der Waals surface area contributed by atoms with E-state index in [1.165, 1.54) is 37.4 Å². The van der Waals surface area contributed by atoms with Gasteiger partial charge in [0.1, 0.15) is 0 Å². The van der Waals surface area contributed by atoms with Gasteiger partial charge in [0.05, 0.1) is 15.8 Å². The summed E-state index contributed by atoms with van der Waals surface area (Å²) in [7, 11) is 1.88. The van der Waals surface area contributed by atoms with Crippen molar-refractivity contribution in [1.29, 1.82) is 0 Å². The van der Waals surface area contributed by atoms with Crippen LogP contribution in [0.2, 0.25) is 10.0 Å². The number of carbonyl (C=O) groups excluding carboxylic acids is 1. The van der Waals surface area contributed by atoms with E-state index in [9.17, 15) is 4.79 Å². The minimum Gasteiger partial charge on any atom is -0.353 e. The predicted octanol–water partition coefficient (Wildman–Crippen LogP) is 4.72. The first-order valence-electron chi connectivity index (χ1n) is 8.81. The van der Waals surface area contributed by atoms with Crippen LogP contribution in [0, 0.1) is 0 Å². The highest BCUT2D eigenvalue weighted by molar-refractivity contribution is 7.99. The summed E-state index contributed by atoms with van der Waals surface area (Å²) in [6.07, 6.45) is 7.13. The molecular weight excluding hydrogens is 391 g/mol. The van der Waals surface area contributed by atoms with Gasteiger partial charge in [-0.05, 0) is 31.0 Å². The lowest BCUT2D eigenvalue weighted by atomic mass is 10.1. The van der Waals surface area contributed by atoms with Crippen molar-refractivity contribution in [3.05, 3.63) is 28.2 Å². The van der Waals surface area contributed by atoms with Gasteiger partial charge in [-0.2, -0.15) is 0 Å². The molecule has 1 aliphatic carbocycles. The fourth-order valence-electron chi connectivity index (χ4n) is 3.15. The topological polar surface area (TPSA) is 59.8 Å². The second-order valence-electron chi connectivity index (χ2n) is 6.54. The van der Waals surface area contributed by atoms with Crippen LogP contribution in [0.1, 0.15) is 38.5 Å². The van der Waals surface area contributed by atoms with E-state index in [2.05, 4.69) is 15.5 Å². The Morgan fingerprint density at radius 3 is 2.62 bits per heavy atom. The van der Waals surface area contributed by atoms with Crippen molar-refractivity contribution >= 4 is 40.9 Å². The molecule has 26 heavy (non-hydrogen) atoms. The number of amides is 1. The van der Waals surface area contributed by atoms with Gasteiger partial charge in [0, 0.05) is 18.7 Å². The number of nitrogens with one attached hydrogen (secondary N) is 1. The van der Waals surface area contributed by atoms with Gasteiger partial charge in [-0.15, -0.1) is 10.2 Å². The van der Waals surface area contributed by atoms with Crippen molar-refractivity contribution in [3.8, 4) is 11.4 Å². The summed E-state index contributed by atoms with van der Waals surface area (Å²) in [5, 5.41) is 13.2. The van der Waals surface area contributed by atoms with Crippen molar-refractivity contribution in [3.63, 3.8) is 0 Å². The first kappa shape index (κ1) is 19.5. The Morgan fingerprint density at radius 1 is 1.19 bits per heavy atom. The Balaban J connectivity index is 1.59. The van der Waals surface area contributed by atoms with Gasteiger partial charge in [0.2, 0.25) is 5.91 Å². The molecule has 0 atom stereocenters. The normalized spacial score (nSPS) is 15.7. The molecule has 1 aromatic heterocycles. The van der Waals surface area contributed by atoms with Gasteiger partial charge in [-0.1, -0.05) is 60.6 Å². The molecule has 1 fully saturated rings. The number of thioether (sulfide) groups is 1. The van der Waals surface area contributed by atoms with E-state index < -0.39 is 0 Å². The molecule has 1 aromatic carbocycles. The number of hydrogen-bond donors (Lipinski definition) is 1. The van der Waals surface area contributed by atoms with E-state index in [0.717, 1.165) is 18.4 Å². The zero-order valence-corrected chi connectivity index (χ0v) is 17.0. The first-order valence-corrected chi connectivity index (χ1v) is 10.6. The summed E-state index contributed by atoms with van der Waals surface area (Å²) < 4.78 is 1.86. The highest BCUT2D eigenvalue weighted by atomic mass is 35.5. The lowest BCUT2D eigenvalue weighted by molar-refractivity contribution is -0.119. The monoisotopic (exact) mass is 412 g/mol. The summed E-state index contributed by atoms with van der Waals surface area (Å²) in [5.41, 5.74) is 0.837. The molecule has 0 radical (unpaired) electrons. The molecule has 1 saturated carbocycles. The molecule has 0 spiro atoms. The molecule has 0 bridgehead atoms. The van der Waals surface area contributed by atoms with Gasteiger partial charge in [-0.25, -0.2) is 0 Å². The van der Waals surface area contributed by atoms with E-state index >= 15 is 0 Å². The minimum atomic E-state index is 0.0565. The average Bonchev–Trinajstić information content (AvgIpc) is 2.81. The molecule has 1 N–H and O–H groups in total. The molecule has 8 heteroatoms. The molecule has 1 amide bonds. The second-order valence-corrected chi connectivity index (χ2v) is 8.30. The van der Waals surface area contributed by atoms with Crippen molar-refractivity contribution in [2.75, 3.05) is 5.75 Å². The van der Waals surface area contributed by atoms with Gasteiger partial charge in [0.25, 0.3) is 0 Å². The molecule has 0 aliphatic heterocycles. The molecule has 0 saturated heterocycles. The van der Waals surface area contributed by atoms with Crippen LogP contribution in [0.5, 0.6) is 0 Å². The third-order valence-electron chi connectivity index (χ3n) is 4.57. The van der Waals surface area contributed by atoms with Gasteiger partial charge < -0.3 is 9.88 Å². The summed E-state index contributed by atoms with van der Waals surface area (Å²) >= 11 is 13.4. The summed E-state index contributed by atoms with van der Waals surface area (Å²) in [5.74, 6) is 1.08. The fourth-order valence-corrected chi connectivity index (χ4v) is 4.17. The van der Waals surface area contributed by atoms with Gasteiger partial charge in [0.15, 0.2) is 11.0 Å². The third kappa shape index (κ3) is 4.93. The standard InChI is InChI=1S/C18H22Cl2N4OS/c1-24-17(12-8-9-14(19)15(20)10-12)22-23-18(24)26-11-16(25)21-13-6-4-2-3-5-7-13/h8-10,13H,2-7,11H2,1H3,(H,21,25). The number of carbonyl (C=O) groups is 1. The molecular formula is C18H22Cl2N4OS. The Morgan fingerprint density at radius 2 is 1.92 bits per heavy atom. The van der Waals surface area contributed by atoms with Crippen LogP contribution >= 0.6 is 35.0 Å². The number of aromatic nitrogens is 3. The fraction of sp³-hybridized carbons (Fsp3) is 0.500. The largest absolute Gasteiger partial charge is 0.353 e. The second kappa shape index (κ2) is 9.11. The molecule has 0 unspecified atom stereocenters. The summed E-state index contributed by atoms with van der Waals surface area (Å²) in [6.45, 7) is 0. The smallest absolute Gasteiger partial charge is 0.230 e. The quantitative estimate of drug-likeness (QED) is 0.569. The molecule has 2 aromatic rings. The molecule has 3 rings (SSSR count). The lowest BCUT2D eigenvalue weighted by Crippen LogP contribution is -2.35. The van der Waals surface area contributed by atoms with E-state index in [-0.39, 0.29) is 5.91 Å². The van der Waals surface area contributed by atoms with Crippen molar-refractivity contribution in [2.24, 2.45) is 7.05 Å². The SMILES string of the molecule is Cn1c(SCC(=O)NC2CCCCCC2)nnc1-c1ccc(Cl)c(Cl)c1. The average molecular weight is 413 g/mol. The molecule has 140 valence electrons. The number of halogens is 2. The number of hydrogen-bond acceptors (Lipinski definition) is 4. The van der Waals surface area contributed by atoms with Gasteiger partial charge >= 0.3 is 0 Å². The van der Waals surface area contributed by atoms with Crippen LogP contribution in [0.25, 0.3) is 11.4 Å². The van der Waals surface area contributed by atoms with Crippen LogP contribution < -0.4 is 5.32 Å². The van der Waals surface area contributed by atoms with E-state index in [0.29, 0.717) is 32.8 Å². The summed E-state index contributed by atoms with van der Waals surface area (Å²) in [6, 6.07) is 5.67. The Kier molecular flexibility index (Phi) is 6.84. The number of rotatable bonds is 5. The van der Waals surface area contributed by atoms with E-state index in [4.69, 9.17) is 23.2 Å². The highest BCUT2D eigenvalue weighted by Crippen LogP contribution is 2.29. The highest BCUT2D eigenvalue weighted by Gasteiger charge is 2.17. The Bertz CT molecular complexity index is 773. The molecule has 1 aliphatic rings. The van der Waals surface area contributed by atoms with Crippen LogP contribution in [0.4, 0.5) is 0 Å².